The van der Waals surface area contributed by atoms with E-state index in [1.165, 1.54) is 12.1 Å². The molecule has 0 unspecified atom stereocenters. The molecule has 2 aromatic rings. The Morgan fingerprint density at radius 1 is 1.36 bits per heavy atom. The summed E-state index contributed by atoms with van der Waals surface area (Å²) in [7, 11) is 1.54. The molecule has 0 aliphatic heterocycles. The molecule has 4 heteroatoms. The number of pyridine rings is 1. The Labute approximate surface area is 88.8 Å². The molecule has 0 fully saturated rings. The van der Waals surface area contributed by atoms with Crippen molar-refractivity contribution in [3.8, 4) is 5.88 Å². The van der Waals surface area contributed by atoms with Gasteiger partial charge in [-0.05, 0) is 40.2 Å². The molecule has 1 aromatic carbocycles. The third-order valence-corrected chi connectivity index (χ3v) is 2.46. The number of benzene rings is 1. The van der Waals surface area contributed by atoms with Gasteiger partial charge in [0, 0.05) is 5.39 Å². The second-order valence-electron chi connectivity index (χ2n) is 2.82. The fraction of sp³-hybridized carbons (Fsp3) is 0.100. The van der Waals surface area contributed by atoms with Gasteiger partial charge in [0.2, 0.25) is 5.88 Å². The van der Waals surface area contributed by atoms with Crippen LogP contribution in [0.1, 0.15) is 0 Å². The maximum Gasteiger partial charge on any atom is 0.228 e. The highest BCUT2D eigenvalue weighted by atomic mass is 79.9. The van der Waals surface area contributed by atoms with Crippen molar-refractivity contribution in [2.75, 3.05) is 7.11 Å². The highest BCUT2D eigenvalue weighted by Crippen LogP contribution is 2.26. The molecular formula is C10H7BrFNO. The fourth-order valence-electron chi connectivity index (χ4n) is 1.25. The molecule has 1 aromatic heterocycles. The number of fused-ring (bicyclic) bond motifs is 1. The summed E-state index contributed by atoms with van der Waals surface area (Å²) >= 11 is 3.29. The van der Waals surface area contributed by atoms with Gasteiger partial charge in [-0.2, -0.15) is 0 Å². The van der Waals surface area contributed by atoms with E-state index in [2.05, 4.69) is 20.9 Å². The molecule has 0 atom stereocenters. The lowest BCUT2D eigenvalue weighted by Gasteiger charge is -2.04. The van der Waals surface area contributed by atoms with Crippen molar-refractivity contribution in [1.82, 2.24) is 4.98 Å². The zero-order chi connectivity index (χ0) is 10.1. The van der Waals surface area contributed by atoms with E-state index in [9.17, 15) is 4.39 Å². The first-order valence-corrected chi connectivity index (χ1v) is 4.80. The highest BCUT2D eigenvalue weighted by Gasteiger charge is 2.04. The largest absolute Gasteiger partial charge is 0.480 e. The van der Waals surface area contributed by atoms with E-state index in [0.717, 1.165) is 9.86 Å². The van der Waals surface area contributed by atoms with Crippen LogP contribution >= 0.6 is 15.9 Å². The Bertz CT molecular complexity index is 487. The average Bonchev–Trinajstić information content (AvgIpc) is 2.16. The molecule has 0 aliphatic rings. The first-order chi connectivity index (χ1) is 6.70. The molecule has 0 amide bonds. The fourth-order valence-corrected chi connectivity index (χ4v) is 1.74. The van der Waals surface area contributed by atoms with Gasteiger partial charge in [-0.3, -0.25) is 0 Å². The van der Waals surface area contributed by atoms with Crippen LogP contribution in [0, 0.1) is 5.82 Å². The Balaban J connectivity index is 2.73. The summed E-state index contributed by atoms with van der Waals surface area (Å²) in [6.07, 6.45) is 0. The number of rotatable bonds is 1. The van der Waals surface area contributed by atoms with Gasteiger partial charge in [-0.15, -0.1) is 0 Å². The van der Waals surface area contributed by atoms with Crippen molar-refractivity contribution in [2.45, 2.75) is 0 Å². The minimum absolute atomic E-state index is 0.267. The summed E-state index contributed by atoms with van der Waals surface area (Å²) in [6.45, 7) is 0. The van der Waals surface area contributed by atoms with E-state index in [1.54, 1.807) is 19.2 Å². The van der Waals surface area contributed by atoms with Crippen LogP contribution < -0.4 is 4.74 Å². The molecule has 0 aliphatic carbocycles. The smallest absolute Gasteiger partial charge is 0.228 e. The maximum absolute atomic E-state index is 12.9. The van der Waals surface area contributed by atoms with Gasteiger partial charge in [0.25, 0.3) is 0 Å². The van der Waals surface area contributed by atoms with Gasteiger partial charge >= 0.3 is 0 Å². The number of methoxy groups -OCH3 is 1. The zero-order valence-electron chi connectivity index (χ0n) is 7.42. The molecule has 14 heavy (non-hydrogen) atoms. The van der Waals surface area contributed by atoms with E-state index in [-0.39, 0.29) is 5.82 Å². The first kappa shape index (κ1) is 9.40. The Morgan fingerprint density at radius 2 is 2.14 bits per heavy atom. The summed E-state index contributed by atoms with van der Waals surface area (Å²) in [5.41, 5.74) is 0.714. The molecule has 0 bridgehead atoms. The van der Waals surface area contributed by atoms with Crippen molar-refractivity contribution in [1.29, 1.82) is 0 Å². The molecule has 0 radical (unpaired) electrons. The van der Waals surface area contributed by atoms with Crippen LogP contribution in [0.3, 0.4) is 0 Å². The molecule has 0 saturated heterocycles. The average molecular weight is 256 g/mol. The van der Waals surface area contributed by atoms with Gasteiger partial charge in [0.1, 0.15) is 5.82 Å². The van der Waals surface area contributed by atoms with Gasteiger partial charge in [0.15, 0.2) is 0 Å². The molecular weight excluding hydrogens is 249 g/mol. The predicted octanol–water partition coefficient (Wildman–Crippen LogP) is 3.15. The number of ether oxygens (including phenoxy) is 1. The molecule has 1 heterocycles. The Kier molecular flexibility index (Phi) is 2.37. The van der Waals surface area contributed by atoms with Crippen LogP contribution in [0.4, 0.5) is 4.39 Å². The molecule has 0 N–H and O–H groups in total. The lowest BCUT2D eigenvalue weighted by atomic mass is 10.2. The van der Waals surface area contributed by atoms with Crippen LogP contribution in [-0.2, 0) is 0 Å². The summed E-state index contributed by atoms with van der Waals surface area (Å²) < 4.78 is 18.6. The molecule has 2 nitrogen and oxygen atoms in total. The number of aromatic nitrogens is 1. The van der Waals surface area contributed by atoms with E-state index >= 15 is 0 Å². The SMILES string of the molecule is COc1nc2ccc(F)cc2cc1Br. The van der Waals surface area contributed by atoms with Crippen LogP contribution in [0.15, 0.2) is 28.7 Å². The molecule has 0 spiro atoms. The van der Waals surface area contributed by atoms with Crippen molar-refractivity contribution >= 4 is 26.8 Å². The summed E-state index contributed by atoms with van der Waals surface area (Å²) in [5.74, 6) is 0.237. The lowest BCUT2D eigenvalue weighted by Crippen LogP contribution is -1.90. The minimum Gasteiger partial charge on any atom is -0.480 e. The van der Waals surface area contributed by atoms with E-state index in [4.69, 9.17) is 4.74 Å². The van der Waals surface area contributed by atoms with E-state index in [1.807, 2.05) is 0 Å². The Morgan fingerprint density at radius 3 is 2.86 bits per heavy atom. The highest BCUT2D eigenvalue weighted by molar-refractivity contribution is 9.10. The zero-order valence-corrected chi connectivity index (χ0v) is 9.01. The Hall–Kier alpha value is -1.16. The maximum atomic E-state index is 12.9. The monoisotopic (exact) mass is 255 g/mol. The first-order valence-electron chi connectivity index (χ1n) is 4.00. The quantitative estimate of drug-likeness (QED) is 0.781. The number of hydrogen-bond donors (Lipinski definition) is 0. The molecule has 2 rings (SSSR count). The second-order valence-corrected chi connectivity index (χ2v) is 3.67. The topological polar surface area (TPSA) is 22.1 Å². The van der Waals surface area contributed by atoms with Crippen LogP contribution in [0.25, 0.3) is 10.9 Å². The predicted molar refractivity (Wildman–Crippen MR) is 56.0 cm³/mol. The number of nitrogens with zero attached hydrogens (tertiary/aromatic N) is 1. The van der Waals surface area contributed by atoms with Gasteiger partial charge in [-0.1, -0.05) is 0 Å². The van der Waals surface area contributed by atoms with Crippen molar-refractivity contribution in [2.24, 2.45) is 0 Å². The van der Waals surface area contributed by atoms with Gasteiger partial charge < -0.3 is 4.74 Å². The summed E-state index contributed by atoms with van der Waals surface area (Å²) in [4.78, 5) is 4.20. The van der Waals surface area contributed by atoms with E-state index < -0.39 is 0 Å². The van der Waals surface area contributed by atoms with Crippen LogP contribution in [-0.4, -0.2) is 12.1 Å². The van der Waals surface area contributed by atoms with E-state index in [0.29, 0.717) is 11.4 Å². The van der Waals surface area contributed by atoms with Crippen molar-refractivity contribution in [3.05, 3.63) is 34.6 Å². The summed E-state index contributed by atoms with van der Waals surface area (Å²) in [5, 5.41) is 0.748. The lowest BCUT2D eigenvalue weighted by molar-refractivity contribution is 0.397. The summed E-state index contributed by atoms with van der Waals surface area (Å²) in [6, 6.07) is 6.22. The number of halogens is 2. The second kappa shape index (κ2) is 3.53. The van der Waals surface area contributed by atoms with Crippen LogP contribution in [0.5, 0.6) is 5.88 Å². The minimum atomic E-state index is -0.267. The van der Waals surface area contributed by atoms with Crippen molar-refractivity contribution in [3.63, 3.8) is 0 Å². The van der Waals surface area contributed by atoms with Gasteiger partial charge in [-0.25, -0.2) is 9.37 Å². The third kappa shape index (κ3) is 1.57. The third-order valence-electron chi connectivity index (χ3n) is 1.89. The van der Waals surface area contributed by atoms with Crippen molar-refractivity contribution < 1.29 is 9.13 Å². The standard InChI is InChI=1S/C10H7BrFNO/c1-14-10-8(11)5-6-4-7(12)2-3-9(6)13-10/h2-5H,1H3. The van der Waals surface area contributed by atoms with Crippen LogP contribution in [0.2, 0.25) is 0 Å². The molecule has 72 valence electrons. The number of hydrogen-bond acceptors (Lipinski definition) is 2. The molecule has 0 saturated carbocycles. The van der Waals surface area contributed by atoms with Gasteiger partial charge in [0.05, 0.1) is 17.1 Å². The normalized spacial score (nSPS) is 10.5.